The Morgan fingerprint density at radius 1 is 1.03 bits per heavy atom. The Labute approximate surface area is 206 Å². The fourth-order valence-corrected chi connectivity index (χ4v) is 5.65. The molecule has 7 nitrogen and oxygen atoms in total. The zero-order valence-corrected chi connectivity index (χ0v) is 20.6. The van der Waals surface area contributed by atoms with Gasteiger partial charge in [0.05, 0.1) is 5.92 Å². The molecule has 0 bridgehead atoms. The minimum Gasteiger partial charge on any atom is -0.481 e. The molecule has 1 aliphatic carbocycles. The molecule has 1 aliphatic heterocycles. The smallest absolute Gasteiger partial charge is 0.408 e. The Bertz CT molecular complexity index is 1060. The van der Waals surface area contributed by atoms with E-state index in [4.69, 9.17) is 4.74 Å². The molecule has 35 heavy (non-hydrogen) atoms. The lowest BCUT2D eigenvalue weighted by Crippen LogP contribution is -2.63. The Morgan fingerprint density at radius 3 is 2.14 bits per heavy atom. The van der Waals surface area contributed by atoms with Crippen LogP contribution >= 0.6 is 0 Å². The molecule has 2 aromatic carbocycles. The fraction of sp³-hybridized carbons (Fsp3) is 0.464. The summed E-state index contributed by atoms with van der Waals surface area (Å²) in [5.74, 6) is -1.80. The summed E-state index contributed by atoms with van der Waals surface area (Å²) >= 11 is 0. The van der Waals surface area contributed by atoms with E-state index in [-0.39, 0.29) is 18.4 Å². The molecule has 2 aromatic rings. The average Bonchev–Trinajstić information content (AvgIpc) is 3.19. The molecule has 0 unspecified atom stereocenters. The van der Waals surface area contributed by atoms with E-state index in [9.17, 15) is 19.5 Å². The van der Waals surface area contributed by atoms with Crippen LogP contribution in [0.5, 0.6) is 0 Å². The molecule has 0 spiro atoms. The van der Waals surface area contributed by atoms with Gasteiger partial charge in [-0.15, -0.1) is 0 Å². The van der Waals surface area contributed by atoms with Crippen molar-refractivity contribution in [3.63, 3.8) is 0 Å². The van der Waals surface area contributed by atoms with Gasteiger partial charge in [-0.2, -0.15) is 0 Å². The van der Waals surface area contributed by atoms with Gasteiger partial charge in [-0.05, 0) is 54.9 Å². The van der Waals surface area contributed by atoms with Gasteiger partial charge >= 0.3 is 12.1 Å². The summed E-state index contributed by atoms with van der Waals surface area (Å²) in [7, 11) is 0. The standard InChI is InChI=1S/C28H34N2O5/c1-4-28(5-2,26(33)30-16-10-15-19(18(30)3)25(31)32)29-27(34)35-17-24-22-13-8-6-11-20(22)21-12-7-9-14-23(21)24/h6-9,11-14,18-19,24H,4-5,10,15-17H2,1-3H3,(H,29,34)(H,31,32)/t18-,19-/m1/s1. The van der Waals surface area contributed by atoms with Crippen molar-refractivity contribution < 1.29 is 24.2 Å². The van der Waals surface area contributed by atoms with Crippen molar-refractivity contribution >= 4 is 18.0 Å². The number of ether oxygens (including phenoxy) is 1. The highest BCUT2D eigenvalue weighted by molar-refractivity contribution is 5.91. The monoisotopic (exact) mass is 478 g/mol. The van der Waals surface area contributed by atoms with Crippen molar-refractivity contribution in [3.8, 4) is 11.1 Å². The van der Waals surface area contributed by atoms with E-state index in [1.54, 1.807) is 11.8 Å². The normalized spacial score (nSPS) is 19.6. The molecule has 0 aromatic heterocycles. The number of benzene rings is 2. The predicted octanol–water partition coefficient (Wildman–Crippen LogP) is 4.80. The molecule has 7 heteroatoms. The second-order valence-corrected chi connectivity index (χ2v) is 9.57. The van der Waals surface area contributed by atoms with Gasteiger partial charge in [-0.25, -0.2) is 4.79 Å². The Morgan fingerprint density at radius 2 is 1.60 bits per heavy atom. The number of piperidine rings is 1. The number of carboxylic acid groups (broad SMARTS) is 1. The second kappa shape index (κ2) is 10.1. The van der Waals surface area contributed by atoms with Crippen LogP contribution in [0.4, 0.5) is 4.79 Å². The van der Waals surface area contributed by atoms with Crippen LogP contribution in [-0.2, 0) is 14.3 Å². The lowest BCUT2D eigenvalue weighted by molar-refractivity contribution is -0.152. The predicted molar refractivity (Wildman–Crippen MR) is 133 cm³/mol. The van der Waals surface area contributed by atoms with Gasteiger partial charge in [0.15, 0.2) is 0 Å². The third-order valence-electron chi connectivity index (χ3n) is 7.87. The molecule has 2 aliphatic rings. The molecule has 0 saturated carbocycles. The van der Waals surface area contributed by atoms with Crippen LogP contribution in [0.1, 0.15) is 63.5 Å². The van der Waals surface area contributed by atoms with E-state index in [1.807, 2.05) is 38.1 Å². The van der Waals surface area contributed by atoms with Gasteiger partial charge in [0.2, 0.25) is 5.91 Å². The van der Waals surface area contributed by atoms with Gasteiger partial charge in [0.25, 0.3) is 0 Å². The molecular weight excluding hydrogens is 444 g/mol. The summed E-state index contributed by atoms with van der Waals surface area (Å²) in [6.07, 6.45) is 1.30. The summed E-state index contributed by atoms with van der Waals surface area (Å²) in [4.78, 5) is 39.9. The number of carboxylic acids is 1. The van der Waals surface area contributed by atoms with E-state index in [0.717, 1.165) is 22.3 Å². The summed E-state index contributed by atoms with van der Waals surface area (Å²) < 4.78 is 5.71. The average molecular weight is 479 g/mol. The molecule has 2 amide bonds. The minimum atomic E-state index is -1.14. The van der Waals surface area contributed by atoms with Gasteiger partial charge in [0.1, 0.15) is 12.1 Å². The third kappa shape index (κ3) is 4.51. The quantitative estimate of drug-likeness (QED) is 0.596. The first kappa shape index (κ1) is 24.8. The molecule has 1 heterocycles. The number of nitrogens with one attached hydrogen (secondary N) is 1. The molecule has 1 saturated heterocycles. The summed E-state index contributed by atoms with van der Waals surface area (Å²) in [6, 6.07) is 15.8. The van der Waals surface area contributed by atoms with Gasteiger partial charge in [0, 0.05) is 18.5 Å². The highest BCUT2D eigenvalue weighted by atomic mass is 16.5. The van der Waals surface area contributed by atoms with Crippen LogP contribution in [0, 0.1) is 5.92 Å². The van der Waals surface area contributed by atoms with Crippen molar-refractivity contribution in [1.82, 2.24) is 10.2 Å². The van der Waals surface area contributed by atoms with Crippen LogP contribution < -0.4 is 5.32 Å². The number of likely N-dealkylation sites (tertiary alicyclic amines) is 1. The largest absolute Gasteiger partial charge is 0.481 e. The summed E-state index contributed by atoms with van der Waals surface area (Å²) in [6.45, 7) is 6.14. The SMILES string of the molecule is CCC(CC)(NC(=O)OCC1c2ccccc2-c2ccccc21)C(=O)N1CCC[C@@H](C(=O)O)[C@H]1C. The molecule has 2 N–H and O–H groups in total. The Kier molecular flexibility index (Phi) is 7.15. The number of carbonyl (C=O) groups excluding carboxylic acids is 2. The highest BCUT2D eigenvalue weighted by Crippen LogP contribution is 2.44. The zero-order valence-electron chi connectivity index (χ0n) is 20.6. The highest BCUT2D eigenvalue weighted by Gasteiger charge is 2.45. The van der Waals surface area contributed by atoms with E-state index in [1.165, 1.54) is 0 Å². The summed E-state index contributed by atoms with van der Waals surface area (Å²) in [5.41, 5.74) is 3.40. The van der Waals surface area contributed by atoms with Crippen molar-refractivity contribution in [1.29, 1.82) is 0 Å². The van der Waals surface area contributed by atoms with Gasteiger partial charge in [-0.1, -0.05) is 62.4 Å². The number of rotatable bonds is 7. The lowest BCUT2D eigenvalue weighted by atomic mass is 9.85. The number of amides is 2. The number of hydrogen-bond acceptors (Lipinski definition) is 4. The molecular formula is C28H34N2O5. The third-order valence-corrected chi connectivity index (χ3v) is 7.87. The van der Waals surface area contributed by atoms with Crippen LogP contribution in [0.25, 0.3) is 11.1 Å². The van der Waals surface area contributed by atoms with Crippen LogP contribution in [-0.4, -0.2) is 52.7 Å². The molecule has 0 radical (unpaired) electrons. The lowest BCUT2D eigenvalue weighted by Gasteiger charge is -2.43. The van der Waals surface area contributed by atoms with E-state index in [2.05, 4.69) is 29.6 Å². The first-order valence-corrected chi connectivity index (χ1v) is 12.5. The van der Waals surface area contributed by atoms with Crippen molar-refractivity contribution in [2.75, 3.05) is 13.2 Å². The molecule has 186 valence electrons. The van der Waals surface area contributed by atoms with Crippen molar-refractivity contribution in [2.24, 2.45) is 5.92 Å². The molecule has 1 fully saturated rings. The zero-order chi connectivity index (χ0) is 25.2. The second-order valence-electron chi connectivity index (χ2n) is 9.57. The first-order valence-electron chi connectivity index (χ1n) is 12.5. The number of aliphatic carboxylic acids is 1. The maximum Gasteiger partial charge on any atom is 0.408 e. The van der Waals surface area contributed by atoms with Crippen LogP contribution in [0.3, 0.4) is 0 Å². The van der Waals surface area contributed by atoms with E-state index in [0.29, 0.717) is 32.2 Å². The Hall–Kier alpha value is -3.35. The van der Waals surface area contributed by atoms with Crippen LogP contribution in [0.15, 0.2) is 48.5 Å². The van der Waals surface area contributed by atoms with Gasteiger partial charge < -0.3 is 20.1 Å². The minimum absolute atomic E-state index is 0.0695. The first-order chi connectivity index (χ1) is 16.8. The number of nitrogens with zero attached hydrogens (tertiary/aromatic N) is 1. The molecule has 2 atom stereocenters. The van der Waals surface area contributed by atoms with Crippen molar-refractivity contribution in [3.05, 3.63) is 59.7 Å². The number of hydrogen-bond donors (Lipinski definition) is 2. The fourth-order valence-electron chi connectivity index (χ4n) is 5.65. The summed E-state index contributed by atoms with van der Waals surface area (Å²) in [5, 5.41) is 12.4. The van der Waals surface area contributed by atoms with E-state index < -0.39 is 29.6 Å². The maximum atomic E-state index is 13.6. The van der Waals surface area contributed by atoms with Crippen LogP contribution in [0.2, 0.25) is 0 Å². The van der Waals surface area contributed by atoms with Gasteiger partial charge in [-0.3, -0.25) is 9.59 Å². The number of carbonyl (C=O) groups is 3. The van der Waals surface area contributed by atoms with Crippen molar-refractivity contribution in [2.45, 2.75) is 64.0 Å². The maximum absolute atomic E-state index is 13.6. The Balaban J connectivity index is 1.48. The topological polar surface area (TPSA) is 95.9 Å². The van der Waals surface area contributed by atoms with E-state index >= 15 is 0 Å². The number of fused-ring (bicyclic) bond motifs is 3. The molecule has 4 rings (SSSR count). The number of alkyl carbamates (subject to hydrolysis) is 1.